The van der Waals surface area contributed by atoms with Gasteiger partial charge in [0.15, 0.2) is 0 Å². The fraction of sp³-hybridized carbons (Fsp3) is 0.600. The second kappa shape index (κ2) is 10.6. The summed E-state index contributed by atoms with van der Waals surface area (Å²) in [7, 11) is 5.46. The number of rotatable bonds is 7. The SMILES string of the molecule is COc1ccc(C(=O)N2CCN(C3=C([N+](=O)[O-])C(=O)N(CCN(C)C)C4CCCCC34)CC2)cc1. The van der Waals surface area contributed by atoms with E-state index in [0.29, 0.717) is 56.3 Å². The second-order valence-electron chi connectivity index (χ2n) is 9.76. The molecule has 4 rings (SSSR count). The van der Waals surface area contributed by atoms with Crippen molar-refractivity contribution in [1.82, 2.24) is 19.6 Å². The van der Waals surface area contributed by atoms with Crippen LogP contribution >= 0.6 is 0 Å². The Hall–Kier alpha value is -3.14. The maximum Gasteiger partial charge on any atom is 0.352 e. The van der Waals surface area contributed by atoms with Gasteiger partial charge in [0.05, 0.1) is 12.0 Å². The maximum absolute atomic E-state index is 13.4. The number of nitrogens with zero attached hydrogens (tertiary/aromatic N) is 5. The van der Waals surface area contributed by atoms with E-state index in [1.54, 1.807) is 41.2 Å². The highest BCUT2D eigenvalue weighted by Gasteiger charge is 2.49. The summed E-state index contributed by atoms with van der Waals surface area (Å²) in [6.45, 7) is 3.01. The Balaban J connectivity index is 1.55. The zero-order valence-corrected chi connectivity index (χ0v) is 20.8. The Labute approximate surface area is 206 Å². The molecule has 1 aliphatic carbocycles. The highest BCUT2D eigenvalue weighted by molar-refractivity contribution is 5.94. The predicted molar refractivity (Wildman–Crippen MR) is 131 cm³/mol. The monoisotopic (exact) mass is 485 g/mol. The number of nitro groups is 1. The molecule has 1 aromatic carbocycles. The van der Waals surface area contributed by atoms with Gasteiger partial charge >= 0.3 is 11.6 Å². The maximum atomic E-state index is 13.4. The van der Waals surface area contributed by atoms with Crippen LogP contribution in [-0.4, -0.2) is 103 Å². The first-order valence-electron chi connectivity index (χ1n) is 12.3. The Bertz CT molecular complexity index is 984. The van der Waals surface area contributed by atoms with Crippen LogP contribution in [0.15, 0.2) is 35.7 Å². The molecule has 1 saturated carbocycles. The Kier molecular flexibility index (Phi) is 7.59. The fourth-order valence-corrected chi connectivity index (χ4v) is 5.57. The zero-order valence-electron chi connectivity index (χ0n) is 20.8. The Morgan fingerprint density at radius 1 is 1.11 bits per heavy atom. The first-order valence-corrected chi connectivity index (χ1v) is 12.3. The number of hydrogen-bond donors (Lipinski definition) is 0. The number of amides is 2. The average molecular weight is 486 g/mol. The molecule has 3 aliphatic rings. The summed E-state index contributed by atoms with van der Waals surface area (Å²) in [5, 5.41) is 12.2. The van der Waals surface area contributed by atoms with E-state index in [0.717, 1.165) is 25.7 Å². The lowest BCUT2D eigenvalue weighted by atomic mass is 9.77. The van der Waals surface area contributed by atoms with Gasteiger partial charge in [-0.15, -0.1) is 0 Å². The van der Waals surface area contributed by atoms with Gasteiger partial charge in [0, 0.05) is 56.8 Å². The van der Waals surface area contributed by atoms with Gasteiger partial charge in [0.25, 0.3) is 5.91 Å². The van der Waals surface area contributed by atoms with Crippen LogP contribution in [0.25, 0.3) is 0 Å². The molecule has 2 amide bonds. The van der Waals surface area contributed by atoms with Gasteiger partial charge in [0.2, 0.25) is 0 Å². The lowest BCUT2D eigenvalue weighted by Crippen LogP contribution is -2.58. The Morgan fingerprint density at radius 2 is 1.77 bits per heavy atom. The summed E-state index contributed by atoms with van der Waals surface area (Å²) in [5.74, 6) is 0.120. The van der Waals surface area contributed by atoms with Gasteiger partial charge < -0.3 is 24.3 Å². The highest BCUT2D eigenvalue weighted by Crippen LogP contribution is 2.41. The third-order valence-corrected chi connectivity index (χ3v) is 7.40. The van der Waals surface area contributed by atoms with Gasteiger partial charge in [-0.2, -0.15) is 0 Å². The first kappa shape index (κ1) is 25.0. The smallest absolute Gasteiger partial charge is 0.352 e. The number of likely N-dealkylation sites (N-methyl/N-ethyl adjacent to an activating group) is 1. The minimum absolute atomic E-state index is 0.00568. The third kappa shape index (κ3) is 5.12. The molecule has 0 N–H and O–H groups in total. The van der Waals surface area contributed by atoms with Crippen LogP contribution in [0.5, 0.6) is 5.75 Å². The molecule has 2 aliphatic heterocycles. The van der Waals surface area contributed by atoms with E-state index >= 15 is 0 Å². The van der Waals surface area contributed by atoms with Crippen molar-refractivity contribution < 1.29 is 19.2 Å². The number of carbonyl (C=O) groups excluding carboxylic acids is 2. The number of methoxy groups -OCH3 is 1. The van der Waals surface area contributed by atoms with E-state index < -0.39 is 10.8 Å². The summed E-state index contributed by atoms with van der Waals surface area (Å²) in [6.07, 6.45) is 3.74. The van der Waals surface area contributed by atoms with Crippen molar-refractivity contribution in [3.05, 3.63) is 51.3 Å². The first-order chi connectivity index (χ1) is 16.8. The normalized spacial score (nSPS) is 23.0. The number of benzene rings is 1. The summed E-state index contributed by atoms with van der Waals surface area (Å²) < 4.78 is 5.17. The summed E-state index contributed by atoms with van der Waals surface area (Å²) >= 11 is 0. The minimum Gasteiger partial charge on any atom is -0.497 e. The van der Waals surface area contributed by atoms with Crippen LogP contribution < -0.4 is 4.74 Å². The van der Waals surface area contributed by atoms with Gasteiger partial charge in [0.1, 0.15) is 11.4 Å². The number of hydrogen-bond acceptors (Lipinski definition) is 7. The summed E-state index contributed by atoms with van der Waals surface area (Å²) in [4.78, 5) is 45.6. The molecular formula is C25H35N5O5. The minimum atomic E-state index is -0.486. The summed E-state index contributed by atoms with van der Waals surface area (Å²) in [6, 6.07) is 7.01. The van der Waals surface area contributed by atoms with Crippen LogP contribution in [0.4, 0.5) is 0 Å². The van der Waals surface area contributed by atoms with E-state index in [1.165, 1.54) is 0 Å². The van der Waals surface area contributed by atoms with Crippen LogP contribution in [0, 0.1) is 16.0 Å². The number of fused-ring (bicyclic) bond motifs is 1. The molecule has 35 heavy (non-hydrogen) atoms. The molecule has 2 unspecified atom stereocenters. The quantitative estimate of drug-likeness (QED) is 0.430. The van der Waals surface area contributed by atoms with E-state index in [4.69, 9.17) is 4.74 Å². The molecule has 2 atom stereocenters. The van der Waals surface area contributed by atoms with Gasteiger partial charge in [-0.25, -0.2) is 0 Å². The largest absolute Gasteiger partial charge is 0.497 e. The standard InChI is InChI=1S/C25H35N5O5/c1-26(2)12-17-29-21-7-5-4-6-20(21)22(23(25(29)32)30(33)34)27-13-15-28(16-14-27)24(31)18-8-10-19(35-3)11-9-18/h8-11,20-21H,4-7,12-17H2,1-3H3. The zero-order chi connectivity index (χ0) is 25.1. The van der Waals surface area contributed by atoms with Crippen molar-refractivity contribution in [3.8, 4) is 5.75 Å². The number of piperazine rings is 1. The molecule has 0 radical (unpaired) electrons. The average Bonchev–Trinajstić information content (AvgIpc) is 2.87. The van der Waals surface area contributed by atoms with Crippen LogP contribution in [0.2, 0.25) is 0 Å². The molecule has 10 heteroatoms. The molecule has 1 aromatic rings. The lowest BCUT2D eigenvalue weighted by Gasteiger charge is -2.47. The number of carbonyl (C=O) groups is 2. The number of ether oxygens (including phenoxy) is 1. The van der Waals surface area contributed by atoms with Gasteiger partial charge in [-0.05, 0) is 51.2 Å². The molecule has 0 spiro atoms. The third-order valence-electron chi connectivity index (χ3n) is 7.40. The predicted octanol–water partition coefficient (Wildman–Crippen LogP) is 1.90. The summed E-state index contributed by atoms with van der Waals surface area (Å²) in [5.41, 5.74) is 0.894. The molecular weight excluding hydrogens is 450 g/mol. The van der Waals surface area contributed by atoms with Crippen LogP contribution in [0.1, 0.15) is 36.0 Å². The molecule has 2 heterocycles. The molecule has 1 saturated heterocycles. The lowest BCUT2D eigenvalue weighted by molar-refractivity contribution is -0.424. The molecule has 0 aromatic heterocycles. The van der Waals surface area contributed by atoms with E-state index in [1.807, 2.05) is 23.9 Å². The van der Waals surface area contributed by atoms with Crippen molar-refractivity contribution in [2.24, 2.45) is 5.92 Å². The van der Waals surface area contributed by atoms with E-state index in [2.05, 4.69) is 0 Å². The van der Waals surface area contributed by atoms with Crippen LogP contribution in [0.3, 0.4) is 0 Å². The molecule has 190 valence electrons. The van der Waals surface area contributed by atoms with Crippen molar-refractivity contribution in [3.63, 3.8) is 0 Å². The topological polar surface area (TPSA) is 99.5 Å². The van der Waals surface area contributed by atoms with Gasteiger partial charge in [-0.1, -0.05) is 12.8 Å². The van der Waals surface area contributed by atoms with Gasteiger partial charge in [-0.3, -0.25) is 19.7 Å². The van der Waals surface area contributed by atoms with Crippen LogP contribution in [-0.2, 0) is 4.79 Å². The highest BCUT2D eigenvalue weighted by atomic mass is 16.6. The van der Waals surface area contributed by atoms with Crippen molar-refractivity contribution in [2.75, 3.05) is 60.5 Å². The fourth-order valence-electron chi connectivity index (χ4n) is 5.57. The van der Waals surface area contributed by atoms with Crippen molar-refractivity contribution in [2.45, 2.75) is 31.7 Å². The Morgan fingerprint density at radius 3 is 2.37 bits per heavy atom. The molecule has 2 fully saturated rings. The molecule has 0 bridgehead atoms. The second-order valence-corrected chi connectivity index (χ2v) is 9.76. The van der Waals surface area contributed by atoms with Crippen molar-refractivity contribution >= 4 is 11.8 Å². The van der Waals surface area contributed by atoms with E-state index in [-0.39, 0.29) is 23.6 Å². The molecule has 10 nitrogen and oxygen atoms in total. The van der Waals surface area contributed by atoms with Crippen molar-refractivity contribution in [1.29, 1.82) is 0 Å². The van der Waals surface area contributed by atoms with E-state index in [9.17, 15) is 19.7 Å².